The van der Waals surface area contributed by atoms with Crippen molar-refractivity contribution in [3.05, 3.63) is 77.2 Å². The minimum atomic E-state index is -3.14. The van der Waals surface area contributed by atoms with E-state index in [-0.39, 0.29) is 40.4 Å². The molecule has 0 aliphatic heterocycles. The molecule has 0 amide bonds. The van der Waals surface area contributed by atoms with Gasteiger partial charge in [-0.3, -0.25) is 5.01 Å². The third-order valence-corrected chi connectivity index (χ3v) is 4.58. The Bertz CT molecular complexity index is 1160. The van der Waals surface area contributed by atoms with Gasteiger partial charge in [0.1, 0.15) is 28.6 Å². The van der Waals surface area contributed by atoms with E-state index in [1.165, 1.54) is 37.3 Å². The summed E-state index contributed by atoms with van der Waals surface area (Å²) < 4.78 is 66.2. The number of nitrogens with zero attached hydrogens (tertiary/aromatic N) is 2. The second-order valence-electron chi connectivity index (χ2n) is 6.60. The van der Waals surface area contributed by atoms with E-state index < -0.39 is 29.7 Å². The van der Waals surface area contributed by atoms with Crippen LogP contribution in [-0.2, 0) is 4.74 Å². The van der Waals surface area contributed by atoms with Crippen LogP contribution in [0.25, 0.3) is 16.8 Å². The maximum atomic E-state index is 14.4. The van der Waals surface area contributed by atoms with E-state index >= 15 is 0 Å². The van der Waals surface area contributed by atoms with Gasteiger partial charge in [0.25, 0.3) is 6.43 Å². The second-order valence-corrected chi connectivity index (χ2v) is 6.60. The highest BCUT2D eigenvalue weighted by Crippen LogP contribution is 2.35. The minimum absolute atomic E-state index is 0.0308. The SMILES string of the molecule is CCOC(=O)c1c(-c2ccccc2F)noc1/C(C)=C(\C(F)F)N(N)c1cccc(F)c1. The monoisotopic (exact) mass is 449 g/mol. The van der Waals surface area contributed by atoms with Crippen molar-refractivity contribution < 1.29 is 31.6 Å². The number of ether oxygens (including phenoxy) is 1. The fourth-order valence-corrected chi connectivity index (χ4v) is 3.11. The molecule has 0 spiro atoms. The minimum Gasteiger partial charge on any atom is -0.462 e. The zero-order valence-electron chi connectivity index (χ0n) is 17.1. The molecule has 0 radical (unpaired) electrons. The summed E-state index contributed by atoms with van der Waals surface area (Å²) in [5, 5.41) is 4.33. The molecule has 0 bridgehead atoms. The summed E-state index contributed by atoms with van der Waals surface area (Å²) in [7, 11) is 0. The molecule has 0 fully saturated rings. The van der Waals surface area contributed by atoms with Crippen molar-refractivity contribution in [1.82, 2.24) is 5.16 Å². The summed E-state index contributed by atoms with van der Waals surface area (Å²) in [6.07, 6.45) is -3.14. The predicted molar refractivity (Wildman–Crippen MR) is 110 cm³/mol. The summed E-state index contributed by atoms with van der Waals surface area (Å²) in [6, 6.07) is 10.2. The summed E-state index contributed by atoms with van der Waals surface area (Å²) in [5.74, 6) is 3.17. The molecule has 1 heterocycles. The first-order valence-corrected chi connectivity index (χ1v) is 9.47. The molecule has 0 saturated carbocycles. The highest BCUT2D eigenvalue weighted by atomic mass is 19.3. The molecule has 6 nitrogen and oxygen atoms in total. The summed E-state index contributed by atoms with van der Waals surface area (Å²) in [6.45, 7) is 2.75. The molecule has 32 heavy (non-hydrogen) atoms. The van der Waals surface area contributed by atoms with Gasteiger partial charge in [0, 0.05) is 11.1 Å². The first-order valence-electron chi connectivity index (χ1n) is 9.47. The Kier molecular flexibility index (Phi) is 6.94. The number of hydrogen-bond acceptors (Lipinski definition) is 6. The summed E-state index contributed by atoms with van der Waals surface area (Å²) in [5.41, 5.74) is -1.71. The van der Waals surface area contributed by atoms with Crippen LogP contribution >= 0.6 is 0 Å². The van der Waals surface area contributed by atoms with E-state index in [1.54, 1.807) is 6.92 Å². The van der Waals surface area contributed by atoms with Gasteiger partial charge < -0.3 is 9.26 Å². The third-order valence-electron chi connectivity index (χ3n) is 4.58. The first kappa shape index (κ1) is 23.0. The lowest BCUT2D eigenvalue weighted by molar-refractivity contribution is 0.0525. The maximum absolute atomic E-state index is 14.4. The molecule has 3 rings (SSSR count). The zero-order chi connectivity index (χ0) is 23.4. The second kappa shape index (κ2) is 9.65. The number of anilines is 1. The van der Waals surface area contributed by atoms with Gasteiger partial charge in [-0.05, 0) is 44.2 Å². The molecule has 0 aliphatic rings. The summed E-state index contributed by atoms with van der Waals surface area (Å²) in [4.78, 5) is 12.7. The highest BCUT2D eigenvalue weighted by molar-refractivity contribution is 6.00. The van der Waals surface area contributed by atoms with E-state index in [0.29, 0.717) is 5.01 Å². The van der Waals surface area contributed by atoms with Crippen LogP contribution in [0.5, 0.6) is 0 Å². The Morgan fingerprint density at radius 3 is 2.53 bits per heavy atom. The van der Waals surface area contributed by atoms with Crippen molar-refractivity contribution in [3.63, 3.8) is 0 Å². The van der Waals surface area contributed by atoms with Crippen LogP contribution in [0.1, 0.15) is 30.0 Å². The molecule has 0 aliphatic carbocycles. The summed E-state index contributed by atoms with van der Waals surface area (Å²) >= 11 is 0. The van der Waals surface area contributed by atoms with Gasteiger partial charge in [0.2, 0.25) is 0 Å². The number of hydrogen-bond donors (Lipinski definition) is 1. The van der Waals surface area contributed by atoms with Gasteiger partial charge in [0.15, 0.2) is 5.76 Å². The molecular weight excluding hydrogens is 430 g/mol. The fourth-order valence-electron chi connectivity index (χ4n) is 3.11. The molecule has 10 heteroatoms. The number of allylic oxidation sites excluding steroid dienone is 2. The first-order chi connectivity index (χ1) is 15.3. The van der Waals surface area contributed by atoms with Crippen LogP contribution in [0.15, 0.2) is 58.8 Å². The van der Waals surface area contributed by atoms with Crippen LogP contribution in [0.3, 0.4) is 0 Å². The van der Waals surface area contributed by atoms with Gasteiger partial charge in [-0.1, -0.05) is 23.4 Å². The normalized spacial score (nSPS) is 12.0. The molecule has 0 unspecified atom stereocenters. The number of rotatable bonds is 7. The number of carbonyl (C=O) groups is 1. The van der Waals surface area contributed by atoms with Crippen LogP contribution < -0.4 is 10.9 Å². The van der Waals surface area contributed by atoms with Gasteiger partial charge in [-0.2, -0.15) is 0 Å². The molecule has 1 aromatic heterocycles. The molecule has 0 atom stereocenters. The molecule has 3 aromatic rings. The van der Waals surface area contributed by atoms with E-state index in [9.17, 15) is 22.4 Å². The fraction of sp³-hybridized carbons (Fsp3) is 0.182. The lowest BCUT2D eigenvalue weighted by Gasteiger charge is -2.23. The Balaban J connectivity index is 2.22. The van der Waals surface area contributed by atoms with E-state index in [1.807, 2.05) is 0 Å². The largest absolute Gasteiger partial charge is 0.462 e. The van der Waals surface area contributed by atoms with Crippen LogP contribution in [0.4, 0.5) is 23.2 Å². The van der Waals surface area contributed by atoms with Crippen molar-refractivity contribution in [2.45, 2.75) is 20.3 Å². The van der Waals surface area contributed by atoms with Crippen molar-refractivity contribution >= 4 is 17.2 Å². The number of nitrogens with two attached hydrogens (primary N) is 1. The van der Waals surface area contributed by atoms with Gasteiger partial charge in [-0.25, -0.2) is 28.2 Å². The Morgan fingerprint density at radius 1 is 1.19 bits per heavy atom. The number of halogens is 4. The number of esters is 1. The lowest BCUT2D eigenvalue weighted by atomic mass is 10.0. The number of aromatic nitrogens is 1. The van der Waals surface area contributed by atoms with E-state index in [4.69, 9.17) is 15.1 Å². The van der Waals surface area contributed by atoms with Crippen molar-refractivity contribution in [2.24, 2.45) is 5.84 Å². The average molecular weight is 449 g/mol. The molecular formula is C22H19F4N3O3. The smallest absolute Gasteiger partial charge is 0.344 e. The standard InChI is InChI=1S/C22H19F4N3O3/c1-3-31-22(30)17-18(15-9-4-5-10-16(15)24)28-32-20(17)12(2)19(21(25)26)29(27)14-8-6-7-13(23)11-14/h4-11,21H,3,27H2,1-2H3/b19-12+. The molecule has 0 saturated heterocycles. The Labute approximate surface area is 180 Å². The quantitative estimate of drug-likeness (QED) is 0.232. The van der Waals surface area contributed by atoms with Crippen LogP contribution in [0, 0.1) is 11.6 Å². The van der Waals surface area contributed by atoms with Gasteiger partial charge in [-0.15, -0.1) is 0 Å². The highest BCUT2D eigenvalue weighted by Gasteiger charge is 2.31. The van der Waals surface area contributed by atoms with Crippen molar-refractivity contribution in [3.8, 4) is 11.3 Å². The average Bonchev–Trinajstić information content (AvgIpc) is 3.19. The van der Waals surface area contributed by atoms with Crippen molar-refractivity contribution in [2.75, 3.05) is 11.6 Å². The zero-order valence-corrected chi connectivity index (χ0v) is 17.1. The van der Waals surface area contributed by atoms with E-state index in [2.05, 4.69) is 5.16 Å². The molecule has 168 valence electrons. The maximum Gasteiger partial charge on any atom is 0.344 e. The molecule has 2 N–H and O–H groups in total. The van der Waals surface area contributed by atoms with Crippen LogP contribution in [-0.4, -0.2) is 24.2 Å². The van der Waals surface area contributed by atoms with Gasteiger partial charge >= 0.3 is 5.97 Å². The number of alkyl halides is 2. The topological polar surface area (TPSA) is 81.6 Å². The third kappa shape index (κ3) is 4.50. The Morgan fingerprint density at radius 2 is 1.91 bits per heavy atom. The number of carbonyl (C=O) groups excluding carboxylic acids is 1. The number of hydrazine groups is 1. The van der Waals surface area contributed by atoms with Gasteiger partial charge in [0.05, 0.1) is 12.3 Å². The van der Waals surface area contributed by atoms with E-state index in [0.717, 1.165) is 18.2 Å². The lowest BCUT2D eigenvalue weighted by Crippen LogP contribution is -2.34. The molecule has 2 aromatic carbocycles. The number of benzene rings is 2. The van der Waals surface area contributed by atoms with Crippen LogP contribution in [0.2, 0.25) is 0 Å². The predicted octanol–water partition coefficient (Wildman–Crippen LogP) is 5.17. The Hall–Kier alpha value is -3.66. The van der Waals surface area contributed by atoms with Crippen molar-refractivity contribution in [1.29, 1.82) is 0 Å².